The molecule has 0 unspecified atom stereocenters. The van der Waals surface area contributed by atoms with Gasteiger partial charge in [-0.2, -0.15) is 0 Å². The van der Waals surface area contributed by atoms with Crippen LogP contribution in [0.5, 0.6) is 0 Å². The molecule has 126 valence electrons. The van der Waals surface area contributed by atoms with Gasteiger partial charge in [-0.1, -0.05) is 6.07 Å². The summed E-state index contributed by atoms with van der Waals surface area (Å²) in [5.74, 6) is 0.273. The van der Waals surface area contributed by atoms with Crippen LogP contribution in [-0.4, -0.2) is 47.8 Å². The van der Waals surface area contributed by atoms with Gasteiger partial charge in [-0.3, -0.25) is 9.59 Å². The Morgan fingerprint density at radius 1 is 1.48 bits per heavy atom. The molecule has 2 aliphatic rings. The first kappa shape index (κ1) is 16.5. The number of nitrogens with zero attached hydrogens (tertiary/aromatic N) is 2. The molecular formula is C17H25N3O2S. The highest BCUT2D eigenvalue weighted by atomic mass is 32.1. The molecule has 0 spiro atoms. The molecule has 3 heterocycles. The van der Waals surface area contributed by atoms with Crippen molar-refractivity contribution in [2.24, 2.45) is 17.6 Å². The third-order valence-corrected chi connectivity index (χ3v) is 6.19. The number of rotatable bonds is 3. The standard InChI is InChI=1S/C17H25N3O2S/c1-11(18)12-5-3-7-20(10-12)17(22)13-9-15(21)19(2)16(13)14-6-4-8-23-14/h4,6,8,11-13,16H,3,5,7,9-10,18H2,1-2H3/t11-,12+,13+,16-/m0/s1. The van der Waals surface area contributed by atoms with Gasteiger partial charge in [0.1, 0.15) is 0 Å². The molecule has 3 rings (SSSR count). The second-order valence-electron chi connectivity index (χ2n) is 6.82. The van der Waals surface area contributed by atoms with Crippen LogP contribution in [0.25, 0.3) is 0 Å². The summed E-state index contributed by atoms with van der Waals surface area (Å²) in [5.41, 5.74) is 6.03. The smallest absolute Gasteiger partial charge is 0.228 e. The SMILES string of the molecule is C[C@H](N)[C@@H]1CCCN(C(=O)[C@@H]2CC(=O)N(C)[C@@H]2c2cccs2)C1. The predicted octanol–water partition coefficient (Wildman–Crippen LogP) is 1.85. The van der Waals surface area contributed by atoms with Crippen LogP contribution in [0.1, 0.15) is 37.1 Å². The third kappa shape index (κ3) is 3.15. The summed E-state index contributed by atoms with van der Waals surface area (Å²) in [4.78, 5) is 30.0. The number of carbonyl (C=O) groups excluding carboxylic acids is 2. The average molecular weight is 335 g/mol. The fourth-order valence-corrected chi connectivity index (χ4v) is 4.75. The summed E-state index contributed by atoms with van der Waals surface area (Å²) >= 11 is 1.61. The molecule has 2 amide bonds. The highest BCUT2D eigenvalue weighted by Gasteiger charge is 2.45. The van der Waals surface area contributed by atoms with Gasteiger partial charge in [0.25, 0.3) is 0 Å². The Hall–Kier alpha value is -1.40. The zero-order chi connectivity index (χ0) is 16.6. The van der Waals surface area contributed by atoms with Crippen molar-refractivity contribution >= 4 is 23.2 Å². The van der Waals surface area contributed by atoms with E-state index in [1.165, 1.54) is 0 Å². The summed E-state index contributed by atoms with van der Waals surface area (Å²) in [6, 6.07) is 3.98. The lowest BCUT2D eigenvalue weighted by atomic mass is 9.90. The molecule has 1 aromatic rings. The van der Waals surface area contributed by atoms with Crippen molar-refractivity contribution in [1.82, 2.24) is 9.80 Å². The van der Waals surface area contributed by atoms with Gasteiger partial charge in [-0.15, -0.1) is 11.3 Å². The van der Waals surface area contributed by atoms with Gasteiger partial charge in [0.2, 0.25) is 11.8 Å². The maximum atomic E-state index is 13.1. The first-order chi connectivity index (χ1) is 11.0. The highest BCUT2D eigenvalue weighted by Crippen LogP contribution is 2.40. The van der Waals surface area contributed by atoms with Crippen molar-refractivity contribution in [3.8, 4) is 0 Å². The van der Waals surface area contributed by atoms with Gasteiger partial charge in [0.05, 0.1) is 12.0 Å². The topological polar surface area (TPSA) is 66.6 Å². The quantitative estimate of drug-likeness (QED) is 0.917. The number of nitrogens with two attached hydrogens (primary N) is 1. The molecule has 4 atom stereocenters. The molecule has 0 aromatic carbocycles. The predicted molar refractivity (Wildman–Crippen MR) is 90.9 cm³/mol. The molecule has 6 heteroatoms. The van der Waals surface area contributed by atoms with E-state index in [0.29, 0.717) is 12.3 Å². The van der Waals surface area contributed by atoms with E-state index in [-0.39, 0.29) is 29.8 Å². The Kier molecular flexibility index (Phi) is 4.73. The van der Waals surface area contributed by atoms with Gasteiger partial charge in [0, 0.05) is 37.5 Å². The van der Waals surface area contributed by atoms with Crippen LogP contribution >= 0.6 is 11.3 Å². The van der Waals surface area contributed by atoms with Crippen molar-refractivity contribution in [3.05, 3.63) is 22.4 Å². The molecule has 5 nitrogen and oxygen atoms in total. The van der Waals surface area contributed by atoms with Gasteiger partial charge >= 0.3 is 0 Å². The number of hydrogen-bond acceptors (Lipinski definition) is 4. The lowest BCUT2D eigenvalue weighted by Crippen LogP contribution is -2.47. The molecule has 1 aromatic heterocycles. The van der Waals surface area contributed by atoms with Crippen molar-refractivity contribution in [3.63, 3.8) is 0 Å². The molecule has 2 fully saturated rings. The number of carbonyl (C=O) groups is 2. The molecule has 23 heavy (non-hydrogen) atoms. The molecule has 2 N–H and O–H groups in total. The molecule has 0 bridgehead atoms. The monoisotopic (exact) mass is 335 g/mol. The van der Waals surface area contributed by atoms with E-state index in [1.54, 1.807) is 23.3 Å². The summed E-state index contributed by atoms with van der Waals surface area (Å²) in [6.07, 6.45) is 2.40. The Bertz CT molecular complexity index is 572. The molecule has 0 radical (unpaired) electrons. The van der Waals surface area contributed by atoms with E-state index < -0.39 is 0 Å². The molecule has 0 saturated carbocycles. The first-order valence-corrected chi connectivity index (χ1v) is 9.20. The van der Waals surface area contributed by atoms with Crippen LogP contribution in [0, 0.1) is 11.8 Å². The van der Waals surface area contributed by atoms with E-state index in [4.69, 9.17) is 5.73 Å². The van der Waals surface area contributed by atoms with Crippen molar-refractivity contribution in [2.75, 3.05) is 20.1 Å². The summed E-state index contributed by atoms with van der Waals surface area (Å²) < 4.78 is 0. The molecule has 2 aliphatic heterocycles. The lowest BCUT2D eigenvalue weighted by molar-refractivity contribution is -0.138. The summed E-state index contributed by atoms with van der Waals surface area (Å²) in [7, 11) is 1.81. The van der Waals surface area contributed by atoms with Crippen molar-refractivity contribution in [2.45, 2.75) is 38.3 Å². The van der Waals surface area contributed by atoms with Crippen LogP contribution in [0.2, 0.25) is 0 Å². The van der Waals surface area contributed by atoms with Gasteiger partial charge < -0.3 is 15.5 Å². The van der Waals surface area contributed by atoms with Gasteiger partial charge in [-0.25, -0.2) is 0 Å². The van der Waals surface area contributed by atoms with E-state index in [9.17, 15) is 9.59 Å². The third-order valence-electron chi connectivity index (χ3n) is 5.25. The van der Waals surface area contributed by atoms with E-state index >= 15 is 0 Å². The fourth-order valence-electron chi connectivity index (χ4n) is 3.81. The maximum Gasteiger partial charge on any atom is 0.228 e. The maximum absolute atomic E-state index is 13.1. The molecule has 0 aliphatic carbocycles. The van der Waals surface area contributed by atoms with Gasteiger partial charge in [0.15, 0.2) is 0 Å². The fraction of sp³-hybridized carbons (Fsp3) is 0.647. The van der Waals surface area contributed by atoms with E-state index in [1.807, 2.05) is 29.3 Å². The van der Waals surface area contributed by atoms with Crippen LogP contribution in [0.15, 0.2) is 17.5 Å². The summed E-state index contributed by atoms with van der Waals surface area (Å²) in [6.45, 7) is 3.52. The van der Waals surface area contributed by atoms with E-state index in [0.717, 1.165) is 30.8 Å². The molecule has 2 saturated heterocycles. The number of amides is 2. The van der Waals surface area contributed by atoms with E-state index in [2.05, 4.69) is 0 Å². The number of piperidine rings is 1. The van der Waals surface area contributed by atoms with Crippen LogP contribution < -0.4 is 5.73 Å². The van der Waals surface area contributed by atoms with Crippen molar-refractivity contribution in [1.29, 1.82) is 0 Å². The highest BCUT2D eigenvalue weighted by molar-refractivity contribution is 7.10. The summed E-state index contributed by atoms with van der Waals surface area (Å²) in [5, 5.41) is 2.00. The minimum atomic E-state index is -0.266. The van der Waals surface area contributed by atoms with Crippen LogP contribution in [-0.2, 0) is 9.59 Å². The van der Waals surface area contributed by atoms with Crippen LogP contribution in [0.3, 0.4) is 0 Å². The average Bonchev–Trinajstić information content (AvgIpc) is 3.16. The zero-order valence-corrected chi connectivity index (χ0v) is 14.6. The second kappa shape index (κ2) is 6.61. The first-order valence-electron chi connectivity index (χ1n) is 8.32. The molecular weight excluding hydrogens is 310 g/mol. The minimum Gasteiger partial charge on any atom is -0.342 e. The number of thiophene rings is 1. The Balaban J connectivity index is 1.79. The normalized spacial score (nSPS) is 29.9. The largest absolute Gasteiger partial charge is 0.342 e. The lowest BCUT2D eigenvalue weighted by Gasteiger charge is -2.37. The number of hydrogen-bond donors (Lipinski definition) is 1. The Labute approximate surface area is 141 Å². The zero-order valence-electron chi connectivity index (χ0n) is 13.8. The van der Waals surface area contributed by atoms with Crippen molar-refractivity contribution < 1.29 is 9.59 Å². The second-order valence-corrected chi connectivity index (χ2v) is 7.80. The minimum absolute atomic E-state index is 0.0579. The number of likely N-dealkylation sites (tertiary alicyclic amines) is 2. The Morgan fingerprint density at radius 2 is 2.26 bits per heavy atom. The Morgan fingerprint density at radius 3 is 2.91 bits per heavy atom. The van der Waals surface area contributed by atoms with Crippen LogP contribution in [0.4, 0.5) is 0 Å². The van der Waals surface area contributed by atoms with Gasteiger partial charge in [-0.05, 0) is 37.1 Å².